The van der Waals surface area contributed by atoms with Crippen molar-refractivity contribution in [1.82, 2.24) is 5.32 Å². The third-order valence-electron chi connectivity index (χ3n) is 3.08. The zero-order chi connectivity index (χ0) is 15.1. The molecule has 1 aromatic heterocycles. The second-order valence-corrected chi connectivity index (χ2v) is 6.35. The number of hydrogen-bond donors (Lipinski definition) is 1. The lowest BCUT2D eigenvalue weighted by atomic mass is 10.1. The molecule has 2 rings (SSSR count). The Morgan fingerprint density at radius 3 is 2.62 bits per heavy atom. The van der Waals surface area contributed by atoms with Crippen molar-refractivity contribution in [3.8, 4) is 5.75 Å². The van der Waals surface area contributed by atoms with Gasteiger partial charge in [0, 0.05) is 10.4 Å². The van der Waals surface area contributed by atoms with E-state index in [0.717, 1.165) is 17.0 Å². The number of thiophene rings is 1. The van der Waals surface area contributed by atoms with Crippen LogP contribution in [0.15, 0.2) is 41.8 Å². The molecule has 3 nitrogen and oxygen atoms in total. The average molecular weight is 303 g/mol. The quantitative estimate of drug-likeness (QED) is 0.836. The van der Waals surface area contributed by atoms with Gasteiger partial charge in [0.2, 0.25) is 0 Å². The number of amides is 1. The van der Waals surface area contributed by atoms with E-state index in [1.54, 1.807) is 23.5 Å². The first-order valence-electron chi connectivity index (χ1n) is 7.18. The van der Waals surface area contributed by atoms with Gasteiger partial charge in [-0.15, -0.1) is 11.3 Å². The van der Waals surface area contributed by atoms with Gasteiger partial charge in [0.05, 0.1) is 13.2 Å². The maximum Gasteiger partial charge on any atom is 0.251 e. The molecule has 0 unspecified atom stereocenters. The Kier molecular flexibility index (Phi) is 5.81. The van der Waals surface area contributed by atoms with Crippen LogP contribution in [0.3, 0.4) is 0 Å². The van der Waals surface area contributed by atoms with Crippen LogP contribution in [-0.4, -0.2) is 12.5 Å². The van der Waals surface area contributed by atoms with Gasteiger partial charge in [-0.3, -0.25) is 4.79 Å². The number of carbonyl (C=O) groups is 1. The highest BCUT2D eigenvalue weighted by Crippen LogP contribution is 2.14. The monoisotopic (exact) mass is 303 g/mol. The minimum absolute atomic E-state index is 0.0582. The topological polar surface area (TPSA) is 38.3 Å². The molecule has 0 aliphatic rings. The molecule has 1 aromatic carbocycles. The third-order valence-corrected chi connectivity index (χ3v) is 3.96. The first-order chi connectivity index (χ1) is 10.1. The van der Waals surface area contributed by atoms with Crippen molar-refractivity contribution in [1.29, 1.82) is 0 Å². The summed E-state index contributed by atoms with van der Waals surface area (Å²) in [6.45, 7) is 5.62. The van der Waals surface area contributed by atoms with Crippen LogP contribution in [0.4, 0.5) is 0 Å². The lowest BCUT2D eigenvalue weighted by Gasteiger charge is -2.09. The fourth-order valence-electron chi connectivity index (χ4n) is 1.80. The van der Waals surface area contributed by atoms with Gasteiger partial charge in [0.15, 0.2) is 0 Å². The van der Waals surface area contributed by atoms with Gasteiger partial charge >= 0.3 is 0 Å². The number of benzene rings is 1. The predicted molar refractivity (Wildman–Crippen MR) is 86.9 cm³/mol. The van der Waals surface area contributed by atoms with E-state index in [0.29, 0.717) is 24.6 Å². The summed E-state index contributed by atoms with van der Waals surface area (Å²) in [5, 5.41) is 4.91. The van der Waals surface area contributed by atoms with Gasteiger partial charge < -0.3 is 10.1 Å². The van der Waals surface area contributed by atoms with E-state index < -0.39 is 0 Å². The molecule has 0 aliphatic carbocycles. The van der Waals surface area contributed by atoms with Crippen molar-refractivity contribution < 1.29 is 9.53 Å². The normalized spacial score (nSPS) is 10.6. The van der Waals surface area contributed by atoms with Crippen LogP contribution in [0.5, 0.6) is 5.75 Å². The lowest BCUT2D eigenvalue weighted by Crippen LogP contribution is -2.22. The minimum Gasteiger partial charge on any atom is -0.494 e. The van der Waals surface area contributed by atoms with Crippen LogP contribution in [0.2, 0.25) is 0 Å². The standard InChI is InChI=1S/C17H21NO2S/c1-13(2)9-10-20-15-7-5-14(6-8-15)17(19)18-12-16-4-3-11-21-16/h3-8,11,13H,9-10,12H2,1-2H3,(H,18,19). The first-order valence-corrected chi connectivity index (χ1v) is 8.06. The first kappa shape index (κ1) is 15.6. The molecule has 0 radical (unpaired) electrons. The maximum atomic E-state index is 12.0. The molecular weight excluding hydrogens is 282 g/mol. The van der Waals surface area contributed by atoms with Gasteiger partial charge in [-0.25, -0.2) is 0 Å². The lowest BCUT2D eigenvalue weighted by molar-refractivity contribution is 0.0951. The molecule has 0 saturated heterocycles. The van der Waals surface area contributed by atoms with Crippen LogP contribution in [0.1, 0.15) is 35.5 Å². The molecule has 0 atom stereocenters. The molecule has 1 N–H and O–H groups in total. The molecular formula is C17H21NO2S. The molecule has 21 heavy (non-hydrogen) atoms. The molecule has 0 bridgehead atoms. The fraction of sp³-hybridized carbons (Fsp3) is 0.353. The Morgan fingerprint density at radius 2 is 2.00 bits per heavy atom. The Hall–Kier alpha value is -1.81. The summed E-state index contributed by atoms with van der Waals surface area (Å²) in [5.41, 5.74) is 0.655. The number of ether oxygens (including phenoxy) is 1. The van der Waals surface area contributed by atoms with Crippen LogP contribution in [-0.2, 0) is 6.54 Å². The van der Waals surface area contributed by atoms with Crippen LogP contribution >= 0.6 is 11.3 Å². The average Bonchev–Trinajstić information content (AvgIpc) is 2.98. The van der Waals surface area contributed by atoms with E-state index in [4.69, 9.17) is 4.74 Å². The molecule has 4 heteroatoms. The van der Waals surface area contributed by atoms with Crippen molar-refractivity contribution in [3.05, 3.63) is 52.2 Å². The molecule has 1 amide bonds. The van der Waals surface area contributed by atoms with Crippen LogP contribution < -0.4 is 10.1 Å². The zero-order valence-corrected chi connectivity index (χ0v) is 13.3. The molecule has 112 valence electrons. The van der Waals surface area contributed by atoms with Gasteiger partial charge in [0.1, 0.15) is 5.75 Å². The molecule has 0 saturated carbocycles. The number of hydrogen-bond acceptors (Lipinski definition) is 3. The van der Waals surface area contributed by atoms with Crippen molar-refractivity contribution in [3.63, 3.8) is 0 Å². The van der Waals surface area contributed by atoms with Crippen molar-refractivity contribution in [2.45, 2.75) is 26.8 Å². The highest BCUT2D eigenvalue weighted by atomic mass is 32.1. The fourth-order valence-corrected chi connectivity index (χ4v) is 2.44. The van der Waals surface area contributed by atoms with E-state index in [-0.39, 0.29) is 5.91 Å². The van der Waals surface area contributed by atoms with Gasteiger partial charge in [-0.05, 0) is 48.1 Å². The second-order valence-electron chi connectivity index (χ2n) is 5.32. The Balaban J connectivity index is 1.82. The van der Waals surface area contributed by atoms with Crippen molar-refractivity contribution in [2.75, 3.05) is 6.61 Å². The van der Waals surface area contributed by atoms with Crippen molar-refractivity contribution >= 4 is 17.2 Å². The van der Waals surface area contributed by atoms with Crippen molar-refractivity contribution in [2.24, 2.45) is 5.92 Å². The largest absolute Gasteiger partial charge is 0.494 e. The number of nitrogens with one attached hydrogen (secondary N) is 1. The smallest absolute Gasteiger partial charge is 0.251 e. The summed E-state index contributed by atoms with van der Waals surface area (Å²) < 4.78 is 5.64. The molecule has 0 aliphatic heterocycles. The van der Waals surface area contributed by atoms with Gasteiger partial charge in [0.25, 0.3) is 5.91 Å². The predicted octanol–water partition coefficient (Wildman–Crippen LogP) is 4.10. The summed E-state index contributed by atoms with van der Waals surface area (Å²) in [6.07, 6.45) is 1.03. The SMILES string of the molecule is CC(C)CCOc1ccc(C(=O)NCc2cccs2)cc1. The summed E-state index contributed by atoms with van der Waals surface area (Å²) >= 11 is 1.64. The summed E-state index contributed by atoms with van der Waals surface area (Å²) in [7, 11) is 0. The van der Waals surface area contributed by atoms with E-state index in [1.165, 1.54) is 0 Å². The number of rotatable bonds is 7. The van der Waals surface area contributed by atoms with Crippen LogP contribution in [0, 0.1) is 5.92 Å². The Bertz CT molecular complexity index is 547. The molecule has 0 fully saturated rings. The summed E-state index contributed by atoms with van der Waals surface area (Å²) in [5.74, 6) is 1.38. The Morgan fingerprint density at radius 1 is 1.24 bits per heavy atom. The van der Waals surface area contributed by atoms with E-state index in [1.807, 2.05) is 29.6 Å². The van der Waals surface area contributed by atoms with Gasteiger partial charge in [-0.1, -0.05) is 19.9 Å². The second kappa shape index (κ2) is 7.84. The maximum absolute atomic E-state index is 12.0. The minimum atomic E-state index is -0.0582. The van der Waals surface area contributed by atoms with Gasteiger partial charge in [-0.2, -0.15) is 0 Å². The number of carbonyl (C=O) groups excluding carboxylic acids is 1. The molecule has 1 heterocycles. The Labute approximate surface area is 130 Å². The molecule has 2 aromatic rings. The van der Waals surface area contributed by atoms with E-state index >= 15 is 0 Å². The highest BCUT2D eigenvalue weighted by Gasteiger charge is 2.06. The zero-order valence-electron chi connectivity index (χ0n) is 12.5. The third kappa shape index (κ3) is 5.23. The summed E-state index contributed by atoms with van der Waals surface area (Å²) in [4.78, 5) is 13.2. The van der Waals surface area contributed by atoms with E-state index in [9.17, 15) is 4.79 Å². The van der Waals surface area contributed by atoms with Crippen LogP contribution in [0.25, 0.3) is 0 Å². The van der Waals surface area contributed by atoms with E-state index in [2.05, 4.69) is 19.2 Å². The summed E-state index contributed by atoms with van der Waals surface area (Å²) in [6, 6.07) is 11.3. The highest BCUT2D eigenvalue weighted by molar-refractivity contribution is 7.09. The molecule has 0 spiro atoms.